The molecule has 168 valence electrons. The third kappa shape index (κ3) is 4.54. The number of carbonyl (C=O) groups excluding carboxylic acids is 1. The van der Waals surface area contributed by atoms with Gasteiger partial charge in [0.05, 0.1) is 17.4 Å². The summed E-state index contributed by atoms with van der Waals surface area (Å²) < 4.78 is 1.75. The van der Waals surface area contributed by atoms with E-state index in [-0.39, 0.29) is 17.5 Å². The lowest BCUT2D eigenvalue weighted by molar-refractivity contribution is 0.0938. The molecule has 0 bridgehead atoms. The summed E-state index contributed by atoms with van der Waals surface area (Å²) in [6.07, 6.45) is 4.40. The normalized spacial score (nSPS) is 14.1. The number of benzene rings is 2. The molecular weight excluding hydrogens is 400 g/mol. The van der Waals surface area contributed by atoms with Gasteiger partial charge in [0.15, 0.2) is 0 Å². The Morgan fingerprint density at radius 2 is 1.78 bits per heavy atom. The van der Waals surface area contributed by atoms with Gasteiger partial charge >= 0.3 is 0 Å². The first-order chi connectivity index (χ1) is 15.5. The molecule has 6 heteroatoms. The molecule has 1 amide bonds. The summed E-state index contributed by atoms with van der Waals surface area (Å²) in [5, 5.41) is 3.66. The number of hydrogen-bond donors (Lipinski definition) is 1. The summed E-state index contributed by atoms with van der Waals surface area (Å²) in [5.41, 5.74) is 3.28. The number of hydrogen-bond acceptors (Lipinski definition) is 4. The number of rotatable bonds is 7. The fraction of sp³-hybridized carbons (Fsp3) is 0.423. The highest BCUT2D eigenvalue weighted by atomic mass is 16.1. The minimum Gasteiger partial charge on any atom is -0.349 e. The average Bonchev–Trinajstić information content (AvgIpc) is 3.31. The Kier molecular flexibility index (Phi) is 6.58. The van der Waals surface area contributed by atoms with Crippen molar-refractivity contribution in [2.75, 3.05) is 18.0 Å². The van der Waals surface area contributed by atoms with Gasteiger partial charge in [0.2, 0.25) is 5.95 Å². The van der Waals surface area contributed by atoms with Crippen LogP contribution < -0.4 is 15.8 Å². The maximum Gasteiger partial charge on any atom is 0.263 e. The smallest absolute Gasteiger partial charge is 0.263 e. The molecule has 3 aromatic rings. The van der Waals surface area contributed by atoms with Crippen molar-refractivity contribution in [3.05, 3.63) is 69.5 Å². The van der Waals surface area contributed by atoms with E-state index in [1.807, 2.05) is 0 Å². The lowest BCUT2D eigenvalue weighted by atomic mass is 10.1. The number of fused-ring (bicyclic) bond motifs is 1. The predicted octanol–water partition coefficient (Wildman–Crippen LogP) is 4.27. The number of aromatic nitrogens is 2. The first-order valence-electron chi connectivity index (χ1n) is 11.7. The standard InChI is InChI=1S/C26H32N4O2/c1-4-29(5-2)26-28-23-16-20(24(31)27-21-8-6-7-9-21)14-15-22(23)25(32)30(26)17-19-12-10-18(3)11-13-19/h10-16,21H,4-9,17H2,1-3H3,(H,27,31). The molecule has 0 aliphatic heterocycles. The van der Waals surface area contributed by atoms with Gasteiger partial charge in [-0.15, -0.1) is 0 Å². The first-order valence-corrected chi connectivity index (χ1v) is 11.7. The van der Waals surface area contributed by atoms with Crippen molar-refractivity contribution in [2.24, 2.45) is 0 Å². The Hall–Kier alpha value is -3.15. The fourth-order valence-electron chi connectivity index (χ4n) is 4.46. The SMILES string of the molecule is CCN(CC)c1nc2cc(C(=O)NC3CCCC3)ccc2c(=O)n1Cc1ccc(C)cc1. The highest BCUT2D eigenvalue weighted by Gasteiger charge is 2.20. The summed E-state index contributed by atoms with van der Waals surface area (Å²) in [4.78, 5) is 33.2. The average molecular weight is 433 g/mol. The van der Waals surface area contributed by atoms with Crippen LogP contribution in [-0.2, 0) is 6.54 Å². The molecule has 0 unspecified atom stereocenters. The van der Waals surface area contributed by atoms with Crippen LogP contribution in [0.3, 0.4) is 0 Å². The van der Waals surface area contributed by atoms with Gasteiger partial charge in [-0.2, -0.15) is 0 Å². The van der Waals surface area contributed by atoms with Crippen molar-refractivity contribution in [1.29, 1.82) is 0 Å². The third-order valence-corrected chi connectivity index (χ3v) is 6.40. The maximum atomic E-state index is 13.5. The first kappa shape index (κ1) is 22.1. The van der Waals surface area contributed by atoms with Crippen molar-refractivity contribution in [3.8, 4) is 0 Å². The Balaban J connectivity index is 1.76. The molecule has 0 atom stereocenters. The van der Waals surface area contributed by atoms with Gasteiger partial charge in [-0.3, -0.25) is 14.2 Å². The third-order valence-electron chi connectivity index (χ3n) is 6.40. The lowest BCUT2D eigenvalue weighted by Crippen LogP contribution is -2.34. The number of carbonyl (C=O) groups is 1. The molecule has 1 aromatic heterocycles. The Labute approximate surface area is 189 Å². The van der Waals surface area contributed by atoms with E-state index in [0.717, 1.165) is 44.3 Å². The quantitative estimate of drug-likeness (QED) is 0.605. The van der Waals surface area contributed by atoms with Gasteiger partial charge in [0, 0.05) is 24.7 Å². The van der Waals surface area contributed by atoms with Crippen LogP contribution in [0, 0.1) is 6.92 Å². The molecule has 1 aliphatic rings. The Morgan fingerprint density at radius 1 is 1.09 bits per heavy atom. The van der Waals surface area contributed by atoms with Crippen LogP contribution in [0.1, 0.15) is 61.0 Å². The highest BCUT2D eigenvalue weighted by molar-refractivity contribution is 5.98. The second kappa shape index (κ2) is 9.55. The van der Waals surface area contributed by atoms with Gasteiger partial charge in [0.25, 0.3) is 11.5 Å². The minimum atomic E-state index is -0.0891. The predicted molar refractivity (Wildman–Crippen MR) is 130 cm³/mol. The van der Waals surface area contributed by atoms with Crippen LogP contribution in [0.2, 0.25) is 0 Å². The number of aryl methyl sites for hydroxylation is 1. The molecule has 0 radical (unpaired) electrons. The zero-order valence-electron chi connectivity index (χ0n) is 19.2. The van der Waals surface area contributed by atoms with Crippen molar-refractivity contribution < 1.29 is 4.79 Å². The summed E-state index contributed by atoms with van der Waals surface area (Å²) in [7, 11) is 0. The Bertz CT molecular complexity index is 1160. The Morgan fingerprint density at radius 3 is 2.44 bits per heavy atom. The number of nitrogens with one attached hydrogen (secondary N) is 1. The number of nitrogens with zero attached hydrogens (tertiary/aromatic N) is 3. The van der Waals surface area contributed by atoms with Crippen molar-refractivity contribution in [3.63, 3.8) is 0 Å². The minimum absolute atomic E-state index is 0.0831. The molecule has 32 heavy (non-hydrogen) atoms. The molecule has 1 saturated carbocycles. The largest absolute Gasteiger partial charge is 0.349 e. The zero-order chi connectivity index (χ0) is 22.7. The van der Waals surface area contributed by atoms with Gasteiger partial charge < -0.3 is 10.2 Å². The molecule has 0 saturated heterocycles. The molecule has 0 spiro atoms. The molecule has 1 fully saturated rings. The molecule has 2 aromatic carbocycles. The number of amides is 1. The topological polar surface area (TPSA) is 67.2 Å². The van der Waals surface area contributed by atoms with Crippen LogP contribution in [0.4, 0.5) is 5.95 Å². The number of anilines is 1. The van der Waals surface area contributed by atoms with E-state index in [1.165, 1.54) is 5.56 Å². The van der Waals surface area contributed by atoms with Gasteiger partial charge in [0.1, 0.15) is 0 Å². The van der Waals surface area contributed by atoms with E-state index in [0.29, 0.717) is 29.0 Å². The van der Waals surface area contributed by atoms with E-state index < -0.39 is 0 Å². The summed E-state index contributed by atoms with van der Waals surface area (Å²) in [5.74, 6) is 0.551. The van der Waals surface area contributed by atoms with E-state index >= 15 is 0 Å². The zero-order valence-corrected chi connectivity index (χ0v) is 19.2. The van der Waals surface area contributed by atoms with Crippen molar-refractivity contribution in [1.82, 2.24) is 14.9 Å². The van der Waals surface area contributed by atoms with Gasteiger partial charge in [-0.05, 0) is 57.4 Å². The van der Waals surface area contributed by atoms with E-state index in [2.05, 4.69) is 55.3 Å². The van der Waals surface area contributed by atoms with Crippen LogP contribution in [0.5, 0.6) is 0 Å². The second-order valence-electron chi connectivity index (χ2n) is 8.65. The van der Waals surface area contributed by atoms with Crippen LogP contribution in [0.25, 0.3) is 10.9 Å². The fourth-order valence-corrected chi connectivity index (χ4v) is 4.46. The van der Waals surface area contributed by atoms with Crippen molar-refractivity contribution in [2.45, 2.75) is 59.0 Å². The molecule has 1 N–H and O–H groups in total. The maximum absolute atomic E-state index is 13.5. The highest BCUT2D eigenvalue weighted by Crippen LogP contribution is 2.20. The van der Waals surface area contributed by atoms with E-state index in [9.17, 15) is 9.59 Å². The monoisotopic (exact) mass is 432 g/mol. The second-order valence-corrected chi connectivity index (χ2v) is 8.65. The lowest BCUT2D eigenvalue weighted by Gasteiger charge is -2.24. The van der Waals surface area contributed by atoms with Crippen LogP contribution in [-0.4, -0.2) is 34.6 Å². The molecule has 4 rings (SSSR count). The molecule has 1 heterocycles. The van der Waals surface area contributed by atoms with Crippen LogP contribution >= 0.6 is 0 Å². The van der Waals surface area contributed by atoms with E-state index in [4.69, 9.17) is 4.98 Å². The summed E-state index contributed by atoms with van der Waals surface area (Å²) in [6.45, 7) is 8.10. The van der Waals surface area contributed by atoms with Gasteiger partial charge in [-0.25, -0.2) is 4.98 Å². The molecule has 6 nitrogen and oxygen atoms in total. The summed E-state index contributed by atoms with van der Waals surface area (Å²) in [6, 6.07) is 13.7. The van der Waals surface area contributed by atoms with Crippen LogP contribution in [0.15, 0.2) is 47.3 Å². The van der Waals surface area contributed by atoms with E-state index in [1.54, 1.807) is 22.8 Å². The van der Waals surface area contributed by atoms with Gasteiger partial charge in [-0.1, -0.05) is 42.7 Å². The van der Waals surface area contributed by atoms with Crippen molar-refractivity contribution >= 4 is 22.8 Å². The summed E-state index contributed by atoms with van der Waals surface area (Å²) >= 11 is 0. The molecular formula is C26H32N4O2. The molecule has 1 aliphatic carbocycles.